The third kappa shape index (κ3) is 5.44. The average molecular weight is 622 g/mol. The highest BCUT2D eigenvalue weighted by Gasteiger charge is 2.60. The van der Waals surface area contributed by atoms with E-state index in [9.17, 15) is 19.1 Å². The smallest absolute Gasteiger partial charge is 0.338 e. The lowest BCUT2D eigenvalue weighted by atomic mass is 9.85. The summed E-state index contributed by atoms with van der Waals surface area (Å²) in [7, 11) is 1.15. The van der Waals surface area contributed by atoms with Crippen LogP contribution in [0, 0.1) is 17.6 Å². The summed E-state index contributed by atoms with van der Waals surface area (Å²) in [6, 6.07) is 0.567. The number of carboxylic acid groups (broad SMARTS) is 1. The van der Waals surface area contributed by atoms with E-state index in [2.05, 4.69) is 15.3 Å². The maximum Gasteiger partial charge on any atom is 0.338 e. The predicted molar refractivity (Wildman–Crippen MR) is 149 cm³/mol. The molecule has 3 atom stereocenters. The van der Waals surface area contributed by atoms with Crippen molar-refractivity contribution in [1.82, 2.24) is 20.1 Å². The Labute approximate surface area is 249 Å². The monoisotopic (exact) mass is 621 g/mol. The summed E-state index contributed by atoms with van der Waals surface area (Å²) < 4.78 is 65.9. The molecule has 3 unspecified atom stereocenters. The number of benzene rings is 1. The number of amidine groups is 1. The van der Waals surface area contributed by atoms with Crippen LogP contribution in [0.1, 0.15) is 48.7 Å². The number of nitrogens with one attached hydrogen (secondary N) is 1. The summed E-state index contributed by atoms with van der Waals surface area (Å²) in [6.07, 6.45) is 4.02. The van der Waals surface area contributed by atoms with Gasteiger partial charge in [0.15, 0.2) is 22.5 Å². The Morgan fingerprint density at radius 3 is 2.63 bits per heavy atom. The summed E-state index contributed by atoms with van der Waals surface area (Å²) in [5, 5.41) is 14.6. The zero-order chi connectivity index (χ0) is 30.5. The molecule has 3 fully saturated rings. The molecule has 1 aliphatic carbocycles. The van der Waals surface area contributed by atoms with E-state index in [1.54, 1.807) is 16.5 Å². The SMILES string of the molecule is COC(=O)C1=C(CN2CC(F)(F)C3C2CCN3C2CCC(C(=O)O)CC2)NC(c2nccs2)=NC1c1cccc(F)c1F. The highest BCUT2D eigenvalue weighted by molar-refractivity contribution is 7.11. The second kappa shape index (κ2) is 11.6. The van der Waals surface area contributed by atoms with Crippen molar-refractivity contribution in [2.75, 3.05) is 26.7 Å². The van der Waals surface area contributed by atoms with Crippen molar-refractivity contribution in [1.29, 1.82) is 0 Å². The van der Waals surface area contributed by atoms with Crippen LogP contribution < -0.4 is 5.32 Å². The number of nitrogens with zero attached hydrogens (tertiary/aromatic N) is 4. The van der Waals surface area contributed by atoms with Crippen molar-refractivity contribution in [2.45, 2.75) is 62.2 Å². The summed E-state index contributed by atoms with van der Waals surface area (Å²) in [4.78, 5) is 36.9. The number of aliphatic imine (C=N–C) groups is 1. The number of hydrogen-bond donors (Lipinski definition) is 2. The summed E-state index contributed by atoms with van der Waals surface area (Å²) in [5.74, 6) is -7.28. The molecule has 2 aromatic rings. The van der Waals surface area contributed by atoms with Crippen LogP contribution in [0.3, 0.4) is 0 Å². The van der Waals surface area contributed by atoms with Gasteiger partial charge < -0.3 is 15.2 Å². The van der Waals surface area contributed by atoms with Gasteiger partial charge in [0.05, 0.1) is 31.2 Å². The van der Waals surface area contributed by atoms with E-state index in [1.807, 2.05) is 4.90 Å². The van der Waals surface area contributed by atoms with Gasteiger partial charge in [0.1, 0.15) is 6.04 Å². The minimum atomic E-state index is -3.06. The molecule has 2 saturated heterocycles. The fraction of sp³-hybridized carbons (Fsp3) is 0.517. The molecule has 0 radical (unpaired) electrons. The van der Waals surface area contributed by atoms with Crippen LogP contribution in [0.2, 0.25) is 0 Å². The lowest BCUT2D eigenvalue weighted by Gasteiger charge is -2.38. The van der Waals surface area contributed by atoms with E-state index in [-0.39, 0.29) is 35.3 Å². The lowest BCUT2D eigenvalue weighted by Crippen LogP contribution is -2.50. The number of carboxylic acids is 1. The Morgan fingerprint density at radius 1 is 1.19 bits per heavy atom. The number of aliphatic carboxylic acids is 1. The zero-order valence-corrected chi connectivity index (χ0v) is 24.1. The largest absolute Gasteiger partial charge is 0.481 e. The molecule has 1 aromatic heterocycles. The average Bonchev–Trinajstić information content (AvgIpc) is 3.73. The summed E-state index contributed by atoms with van der Waals surface area (Å²) >= 11 is 1.24. The molecule has 43 heavy (non-hydrogen) atoms. The maximum atomic E-state index is 15.7. The van der Waals surface area contributed by atoms with E-state index in [4.69, 9.17) is 4.74 Å². The first-order valence-corrected chi connectivity index (χ1v) is 15.1. The van der Waals surface area contributed by atoms with Crippen LogP contribution >= 0.6 is 11.3 Å². The Balaban J connectivity index is 1.33. The Bertz CT molecular complexity index is 1460. The summed E-state index contributed by atoms with van der Waals surface area (Å²) in [6.45, 7) is -0.229. The van der Waals surface area contributed by atoms with E-state index in [0.717, 1.165) is 13.2 Å². The second-order valence-corrected chi connectivity index (χ2v) is 12.3. The third-order valence-electron chi connectivity index (χ3n) is 9.04. The number of likely N-dealkylation sites (tertiary alicyclic amines) is 2. The number of ether oxygens (including phenoxy) is 1. The van der Waals surface area contributed by atoms with Crippen LogP contribution in [-0.2, 0) is 14.3 Å². The number of methoxy groups -OCH3 is 1. The van der Waals surface area contributed by atoms with Crippen LogP contribution in [0.5, 0.6) is 0 Å². The van der Waals surface area contributed by atoms with E-state index < -0.39 is 60.1 Å². The number of alkyl halides is 2. The zero-order valence-electron chi connectivity index (χ0n) is 23.3. The molecular weight excluding hydrogens is 590 g/mol. The van der Waals surface area contributed by atoms with Gasteiger partial charge in [0.25, 0.3) is 5.92 Å². The standard InChI is InChI=1S/C29H31F4N5O4S/c1-42-28(41)21-19(35-25(26-34-10-12-43-26)36-23(21)17-3-2-4-18(30)22(17)31)13-37-14-29(32,33)24-20(37)9-11-38(24)16-7-5-15(6-8-16)27(39)40/h2-4,10,12,15-16,20,23-24H,5-9,11,13-14H2,1H3,(H,35,36)(H,39,40). The fourth-order valence-electron chi connectivity index (χ4n) is 7.10. The molecule has 4 heterocycles. The minimum absolute atomic E-state index is 0.0964. The van der Waals surface area contributed by atoms with Crippen LogP contribution in [0.15, 0.2) is 46.0 Å². The summed E-state index contributed by atoms with van der Waals surface area (Å²) in [5.41, 5.74) is -0.0828. The second-order valence-electron chi connectivity index (χ2n) is 11.4. The van der Waals surface area contributed by atoms with Gasteiger partial charge in [-0.15, -0.1) is 11.3 Å². The van der Waals surface area contributed by atoms with Crippen molar-refractivity contribution < 1.29 is 37.0 Å². The number of carbonyl (C=O) groups excluding carboxylic acids is 1. The molecule has 2 N–H and O–H groups in total. The highest BCUT2D eigenvalue weighted by atomic mass is 32.1. The van der Waals surface area contributed by atoms with E-state index >= 15 is 13.2 Å². The molecule has 0 amide bonds. The van der Waals surface area contributed by atoms with E-state index in [1.165, 1.54) is 23.5 Å². The molecular formula is C29H31F4N5O4S. The number of fused-ring (bicyclic) bond motifs is 1. The molecule has 0 bridgehead atoms. The molecule has 1 saturated carbocycles. The van der Waals surface area contributed by atoms with Gasteiger partial charge in [0.2, 0.25) is 0 Å². The molecule has 0 spiro atoms. The minimum Gasteiger partial charge on any atom is -0.481 e. The fourth-order valence-corrected chi connectivity index (χ4v) is 7.69. The number of thiazole rings is 1. The molecule has 1 aromatic carbocycles. The van der Waals surface area contributed by atoms with Crippen molar-refractivity contribution in [2.24, 2.45) is 10.9 Å². The van der Waals surface area contributed by atoms with Crippen molar-refractivity contribution >= 4 is 29.1 Å². The normalized spacial score (nSPS) is 29.2. The van der Waals surface area contributed by atoms with Crippen LogP contribution in [0.4, 0.5) is 17.6 Å². The third-order valence-corrected chi connectivity index (χ3v) is 9.82. The molecule has 9 nitrogen and oxygen atoms in total. The van der Waals surface area contributed by atoms with Gasteiger partial charge in [-0.3, -0.25) is 19.6 Å². The van der Waals surface area contributed by atoms with Gasteiger partial charge in [-0.1, -0.05) is 12.1 Å². The van der Waals surface area contributed by atoms with Crippen molar-refractivity contribution in [3.05, 3.63) is 63.3 Å². The van der Waals surface area contributed by atoms with Gasteiger partial charge in [-0.25, -0.2) is 27.3 Å². The molecule has 3 aliphatic heterocycles. The first-order chi connectivity index (χ1) is 20.6. The molecule has 14 heteroatoms. The molecule has 230 valence electrons. The number of hydrogen-bond acceptors (Lipinski definition) is 9. The number of carbonyl (C=O) groups is 2. The number of halogens is 4. The number of aromatic nitrogens is 1. The Kier molecular flexibility index (Phi) is 8.03. The predicted octanol–water partition coefficient (Wildman–Crippen LogP) is 3.98. The quantitative estimate of drug-likeness (QED) is 0.354. The molecule has 6 rings (SSSR count). The lowest BCUT2D eigenvalue weighted by molar-refractivity contribution is -0.143. The van der Waals surface area contributed by atoms with E-state index in [0.29, 0.717) is 43.7 Å². The van der Waals surface area contributed by atoms with Gasteiger partial charge in [0, 0.05) is 48.0 Å². The van der Waals surface area contributed by atoms with Crippen molar-refractivity contribution in [3.63, 3.8) is 0 Å². The van der Waals surface area contributed by atoms with Crippen molar-refractivity contribution in [3.8, 4) is 0 Å². The first kappa shape index (κ1) is 29.7. The van der Waals surface area contributed by atoms with Gasteiger partial charge in [-0.2, -0.15) is 0 Å². The topological polar surface area (TPSA) is 107 Å². The first-order valence-electron chi connectivity index (χ1n) is 14.2. The maximum absolute atomic E-state index is 15.7. The Morgan fingerprint density at radius 2 is 1.95 bits per heavy atom. The number of rotatable bonds is 7. The van der Waals surface area contributed by atoms with Gasteiger partial charge >= 0.3 is 11.9 Å². The Hall–Kier alpha value is -3.36. The van der Waals surface area contributed by atoms with Gasteiger partial charge in [-0.05, 0) is 38.2 Å². The van der Waals surface area contributed by atoms with Crippen LogP contribution in [-0.4, -0.2) is 88.5 Å². The highest BCUT2D eigenvalue weighted by Crippen LogP contribution is 2.45. The molecule has 4 aliphatic rings. The number of esters is 1. The van der Waals surface area contributed by atoms with Crippen LogP contribution in [0.25, 0.3) is 0 Å².